The van der Waals surface area contributed by atoms with Gasteiger partial charge in [-0.2, -0.15) is 0 Å². The van der Waals surface area contributed by atoms with Crippen molar-refractivity contribution in [2.75, 3.05) is 0 Å². The second-order valence-electron chi connectivity index (χ2n) is 4.09. The third-order valence-corrected chi connectivity index (χ3v) is 4.05. The van der Waals surface area contributed by atoms with Crippen LogP contribution in [0.1, 0.15) is 5.82 Å². The first-order valence-electron chi connectivity index (χ1n) is 5.53. The lowest BCUT2D eigenvalue weighted by molar-refractivity contribution is 0.588. The highest BCUT2D eigenvalue weighted by Crippen LogP contribution is 2.07. The van der Waals surface area contributed by atoms with Crippen molar-refractivity contribution in [3.8, 4) is 0 Å². The first kappa shape index (κ1) is 14.5. The van der Waals surface area contributed by atoms with E-state index in [0.717, 1.165) is 16.6 Å². The van der Waals surface area contributed by atoms with E-state index in [-0.39, 0.29) is 6.54 Å². The summed E-state index contributed by atoms with van der Waals surface area (Å²) in [4.78, 5) is 28.3. The summed E-state index contributed by atoms with van der Waals surface area (Å²) >= 11 is 0. The Hall–Kier alpha value is -1.87. The van der Waals surface area contributed by atoms with Crippen LogP contribution in [0.4, 0.5) is 0 Å². The molecule has 0 unspecified atom stereocenters. The molecule has 0 radical (unpaired) electrons. The van der Waals surface area contributed by atoms with Crippen molar-refractivity contribution >= 4 is 19.7 Å². The normalized spacial score (nSPS) is 11.7. The summed E-state index contributed by atoms with van der Waals surface area (Å²) in [6.07, 6.45) is 4.70. The van der Waals surface area contributed by atoms with Crippen LogP contribution in [0.5, 0.6) is 0 Å². The largest absolute Gasteiger partial charge is 0.338 e. The molecule has 0 aromatic carbocycles. The second kappa shape index (κ2) is 5.25. The van der Waals surface area contributed by atoms with Gasteiger partial charge in [0.05, 0.1) is 0 Å². The van der Waals surface area contributed by atoms with Crippen molar-refractivity contribution in [1.82, 2.24) is 19.1 Å². The summed E-state index contributed by atoms with van der Waals surface area (Å²) in [5.41, 5.74) is -1.73. The first-order valence-corrected chi connectivity index (χ1v) is 7.84. The number of aromatic nitrogens is 4. The van der Waals surface area contributed by atoms with Crippen LogP contribution in [0.2, 0.25) is 0 Å². The number of hydrogen-bond donors (Lipinski definition) is 1. The molecule has 2 rings (SSSR count). The summed E-state index contributed by atoms with van der Waals surface area (Å²) in [5.74, 6) is 0.721. The fraction of sp³-hybridized carbons (Fsp3) is 0.300. The summed E-state index contributed by atoms with van der Waals surface area (Å²) in [7, 11) is 2.73. The van der Waals surface area contributed by atoms with E-state index in [1.165, 1.54) is 0 Å². The Bertz CT molecular complexity index is 849. The zero-order valence-electron chi connectivity index (χ0n) is 10.4. The minimum atomic E-state index is -4.21. The molecule has 0 aliphatic rings. The van der Waals surface area contributed by atoms with Gasteiger partial charge in [-0.05, 0) is 0 Å². The number of rotatable bonds is 4. The lowest BCUT2D eigenvalue weighted by Crippen LogP contribution is -2.32. The maximum Gasteiger partial charge on any atom is 0.328 e. The number of aryl methyl sites for hydroxylation is 3. The highest BCUT2D eigenvalue weighted by molar-refractivity contribution is 8.13. The van der Waals surface area contributed by atoms with Gasteiger partial charge in [0.25, 0.3) is 14.6 Å². The number of halogens is 1. The van der Waals surface area contributed by atoms with E-state index in [9.17, 15) is 18.0 Å². The van der Waals surface area contributed by atoms with Crippen LogP contribution >= 0.6 is 10.7 Å². The predicted molar refractivity (Wildman–Crippen MR) is 71.3 cm³/mol. The van der Waals surface area contributed by atoms with Gasteiger partial charge in [0, 0.05) is 49.3 Å². The summed E-state index contributed by atoms with van der Waals surface area (Å²) in [6.45, 7) is 0.167. The molecule has 2 aromatic heterocycles. The maximum atomic E-state index is 11.6. The van der Waals surface area contributed by atoms with Gasteiger partial charge in [-0.15, -0.1) is 0 Å². The smallest absolute Gasteiger partial charge is 0.328 e. The molecular formula is C10H11ClN4O4S. The van der Waals surface area contributed by atoms with Gasteiger partial charge >= 0.3 is 5.69 Å². The topological polar surface area (TPSA) is 107 Å². The number of hydrogen-bond acceptors (Lipinski definition) is 5. The quantitative estimate of drug-likeness (QED) is 0.760. The Balaban J connectivity index is 2.36. The Morgan fingerprint density at radius 1 is 1.40 bits per heavy atom. The highest BCUT2D eigenvalue weighted by Gasteiger charge is 2.17. The minimum absolute atomic E-state index is 0.167. The molecule has 0 saturated heterocycles. The number of nitrogens with one attached hydrogen (secondary N) is 1. The number of imidazole rings is 1. The van der Waals surface area contributed by atoms with Gasteiger partial charge in [-0.3, -0.25) is 14.3 Å². The Labute approximate surface area is 118 Å². The van der Waals surface area contributed by atoms with E-state index >= 15 is 0 Å². The summed E-state index contributed by atoms with van der Waals surface area (Å²) in [6, 6.07) is 0. The number of nitrogens with zero attached hydrogens (tertiary/aromatic N) is 3. The van der Waals surface area contributed by atoms with Crippen molar-refractivity contribution in [3.63, 3.8) is 0 Å². The van der Waals surface area contributed by atoms with Crippen LogP contribution in [-0.2, 0) is 29.1 Å². The zero-order chi connectivity index (χ0) is 14.9. The molecule has 2 heterocycles. The Morgan fingerprint density at radius 3 is 2.65 bits per heavy atom. The maximum absolute atomic E-state index is 11.6. The molecule has 0 atom stereocenters. The van der Waals surface area contributed by atoms with E-state index in [4.69, 9.17) is 10.7 Å². The van der Waals surface area contributed by atoms with E-state index in [1.54, 1.807) is 24.0 Å². The van der Waals surface area contributed by atoms with E-state index in [2.05, 4.69) is 4.98 Å². The SMILES string of the molecule is Cn1ccnc1CCn1cc(S(=O)(=O)Cl)c(=O)[nH]c1=O. The van der Waals surface area contributed by atoms with Gasteiger partial charge in [-0.1, -0.05) is 0 Å². The van der Waals surface area contributed by atoms with Crippen LogP contribution in [0.15, 0.2) is 33.1 Å². The van der Waals surface area contributed by atoms with E-state index in [0.29, 0.717) is 6.42 Å². The molecule has 10 heteroatoms. The molecule has 0 spiro atoms. The van der Waals surface area contributed by atoms with Gasteiger partial charge < -0.3 is 4.57 Å². The molecule has 20 heavy (non-hydrogen) atoms. The predicted octanol–water partition coefficient (Wildman–Crippen LogP) is -0.560. The monoisotopic (exact) mass is 318 g/mol. The van der Waals surface area contributed by atoms with Gasteiger partial charge in [0.1, 0.15) is 5.82 Å². The van der Waals surface area contributed by atoms with Gasteiger partial charge in [0.15, 0.2) is 4.90 Å². The minimum Gasteiger partial charge on any atom is -0.338 e. The first-order chi connectivity index (χ1) is 9.29. The van der Waals surface area contributed by atoms with E-state index < -0.39 is 25.2 Å². The second-order valence-corrected chi connectivity index (χ2v) is 6.62. The van der Waals surface area contributed by atoms with Crippen molar-refractivity contribution in [2.24, 2.45) is 7.05 Å². The summed E-state index contributed by atoms with van der Waals surface area (Å²) < 4.78 is 25.3. The molecule has 2 aromatic rings. The van der Waals surface area contributed by atoms with Crippen LogP contribution in [0.25, 0.3) is 0 Å². The van der Waals surface area contributed by atoms with E-state index in [1.807, 2.05) is 4.98 Å². The molecule has 8 nitrogen and oxygen atoms in total. The van der Waals surface area contributed by atoms with Crippen molar-refractivity contribution in [1.29, 1.82) is 0 Å². The molecule has 0 aliphatic heterocycles. The standard InChI is InChI=1S/C10H11ClN4O4S/c1-14-5-3-12-8(14)2-4-15-6-7(20(11,18)19)9(16)13-10(15)17/h3,5-6H,2,4H2,1H3,(H,13,16,17). The molecule has 0 bridgehead atoms. The fourth-order valence-electron chi connectivity index (χ4n) is 1.69. The lowest BCUT2D eigenvalue weighted by Gasteiger charge is -2.06. The zero-order valence-corrected chi connectivity index (χ0v) is 12.0. The molecule has 0 fully saturated rings. The average Bonchev–Trinajstić information content (AvgIpc) is 2.72. The van der Waals surface area contributed by atoms with Gasteiger partial charge in [0.2, 0.25) is 0 Å². The van der Waals surface area contributed by atoms with Crippen LogP contribution in [0, 0.1) is 0 Å². The fourth-order valence-corrected chi connectivity index (χ4v) is 2.54. The van der Waals surface area contributed by atoms with Crippen molar-refractivity contribution in [2.45, 2.75) is 17.9 Å². The van der Waals surface area contributed by atoms with Gasteiger partial charge in [-0.25, -0.2) is 18.2 Å². The van der Waals surface area contributed by atoms with Crippen LogP contribution in [0.3, 0.4) is 0 Å². The van der Waals surface area contributed by atoms with Crippen molar-refractivity contribution in [3.05, 3.63) is 45.3 Å². The third-order valence-electron chi connectivity index (χ3n) is 2.74. The summed E-state index contributed by atoms with van der Waals surface area (Å²) in [5, 5.41) is 0. The highest BCUT2D eigenvalue weighted by atomic mass is 35.7. The average molecular weight is 319 g/mol. The third kappa shape index (κ3) is 2.99. The molecule has 0 aliphatic carbocycles. The number of H-pyrrole nitrogens is 1. The molecule has 0 saturated carbocycles. The van der Waals surface area contributed by atoms with Crippen molar-refractivity contribution < 1.29 is 8.42 Å². The molecule has 1 N–H and O–H groups in total. The van der Waals surface area contributed by atoms with Crippen LogP contribution < -0.4 is 11.2 Å². The Kier molecular flexibility index (Phi) is 3.82. The number of aromatic amines is 1. The molecule has 0 amide bonds. The van der Waals surface area contributed by atoms with Crippen LogP contribution in [-0.4, -0.2) is 27.5 Å². The Morgan fingerprint density at radius 2 is 2.10 bits per heavy atom. The molecule has 108 valence electrons. The molecular weight excluding hydrogens is 308 g/mol. The lowest BCUT2D eigenvalue weighted by atomic mass is 10.4.